The van der Waals surface area contributed by atoms with E-state index < -0.39 is 0 Å². The van der Waals surface area contributed by atoms with Crippen LogP contribution in [-0.4, -0.2) is 24.8 Å². The van der Waals surface area contributed by atoms with Gasteiger partial charge in [0.2, 0.25) is 0 Å². The van der Waals surface area contributed by atoms with Gasteiger partial charge in [-0.05, 0) is 56.6 Å². The van der Waals surface area contributed by atoms with Crippen molar-refractivity contribution in [3.05, 3.63) is 35.9 Å². The van der Waals surface area contributed by atoms with E-state index in [4.69, 9.17) is 4.74 Å². The molecule has 0 aromatic heterocycles. The number of ether oxygens (including phenoxy) is 1. The summed E-state index contributed by atoms with van der Waals surface area (Å²) in [6.07, 6.45) is 8.53. The average molecular weight is 273 g/mol. The lowest BCUT2D eigenvalue weighted by Gasteiger charge is -2.40. The van der Waals surface area contributed by atoms with Crippen molar-refractivity contribution in [2.75, 3.05) is 6.54 Å². The van der Waals surface area contributed by atoms with Crippen molar-refractivity contribution in [3.8, 4) is 0 Å². The summed E-state index contributed by atoms with van der Waals surface area (Å²) in [6.45, 7) is 3.24. The maximum absolute atomic E-state index is 6.38. The fraction of sp³-hybridized carbons (Fsp3) is 0.667. The molecule has 0 aliphatic heterocycles. The molecule has 3 unspecified atom stereocenters. The van der Waals surface area contributed by atoms with E-state index in [2.05, 4.69) is 42.6 Å². The largest absolute Gasteiger partial charge is 0.373 e. The molecule has 20 heavy (non-hydrogen) atoms. The van der Waals surface area contributed by atoms with Crippen molar-refractivity contribution >= 4 is 0 Å². The van der Waals surface area contributed by atoms with Gasteiger partial charge in [-0.2, -0.15) is 0 Å². The van der Waals surface area contributed by atoms with Gasteiger partial charge >= 0.3 is 0 Å². The van der Waals surface area contributed by atoms with Crippen LogP contribution in [0.2, 0.25) is 0 Å². The van der Waals surface area contributed by atoms with Crippen LogP contribution in [0.25, 0.3) is 0 Å². The molecule has 1 aromatic rings. The Morgan fingerprint density at radius 2 is 1.90 bits per heavy atom. The van der Waals surface area contributed by atoms with Crippen molar-refractivity contribution in [3.63, 3.8) is 0 Å². The zero-order valence-corrected chi connectivity index (χ0v) is 12.6. The fourth-order valence-corrected chi connectivity index (χ4v) is 3.56. The molecular weight excluding hydrogens is 246 g/mol. The molecule has 2 aliphatic rings. The van der Waals surface area contributed by atoms with E-state index in [1.54, 1.807) is 0 Å². The molecule has 0 amide bonds. The molecule has 0 spiro atoms. The highest BCUT2D eigenvalue weighted by Gasteiger charge is 2.34. The second-order valence-corrected chi connectivity index (χ2v) is 6.31. The zero-order chi connectivity index (χ0) is 13.8. The molecule has 3 rings (SSSR count). The molecule has 2 heteroatoms. The third-order valence-corrected chi connectivity index (χ3v) is 4.95. The molecule has 0 heterocycles. The zero-order valence-electron chi connectivity index (χ0n) is 12.6. The van der Waals surface area contributed by atoms with Gasteiger partial charge in [0, 0.05) is 6.04 Å². The molecule has 110 valence electrons. The van der Waals surface area contributed by atoms with Gasteiger partial charge in [0.1, 0.15) is 0 Å². The monoisotopic (exact) mass is 273 g/mol. The van der Waals surface area contributed by atoms with E-state index in [0.717, 1.165) is 6.54 Å². The highest BCUT2D eigenvalue weighted by atomic mass is 16.5. The summed E-state index contributed by atoms with van der Waals surface area (Å²) in [4.78, 5) is 0. The number of likely N-dealkylation sites (N-methyl/N-ethyl adjacent to an activating group) is 1. The summed E-state index contributed by atoms with van der Waals surface area (Å²) < 4.78 is 6.38. The summed E-state index contributed by atoms with van der Waals surface area (Å²) in [7, 11) is 0. The van der Waals surface area contributed by atoms with E-state index in [9.17, 15) is 0 Å². The Morgan fingerprint density at radius 3 is 2.55 bits per heavy atom. The van der Waals surface area contributed by atoms with Gasteiger partial charge in [-0.3, -0.25) is 0 Å². The number of benzene rings is 1. The van der Waals surface area contributed by atoms with Crippen LogP contribution in [0.5, 0.6) is 0 Å². The van der Waals surface area contributed by atoms with Crippen molar-refractivity contribution in [2.24, 2.45) is 0 Å². The molecule has 2 nitrogen and oxygen atoms in total. The standard InChI is InChI=1S/C18H27NO/c1-2-19-17-12-11-15(14-7-4-3-5-8-14)13-18(17)20-16-9-6-10-16/h3-5,7-8,15-19H,2,6,9-13H2,1H3. The Hall–Kier alpha value is -0.860. The van der Waals surface area contributed by atoms with E-state index >= 15 is 0 Å². The van der Waals surface area contributed by atoms with Gasteiger partial charge in [0.25, 0.3) is 0 Å². The molecular formula is C18H27NO. The summed E-state index contributed by atoms with van der Waals surface area (Å²) in [5, 5.41) is 3.64. The molecule has 3 atom stereocenters. The van der Waals surface area contributed by atoms with Crippen molar-refractivity contribution in [1.29, 1.82) is 0 Å². The van der Waals surface area contributed by atoms with Crippen molar-refractivity contribution in [1.82, 2.24) is 5.32 Å². The summed E-state index contributed by atoms with van der Waals surface area (Å²) >= 11 is 0. The maximum atomic E-state index is 6.38. The predicted molar refractivity (Wildman–Crippen MR) is 83.0 cm³/mol. The third kappa shape index (κ3) is 3.24. The first-order valence-electron chi connectivity index (χ1n) is 8.30. The van der Waals surface area contributed by atoms with Crippen LogP contribution in [0.1, 0.15) is 56.9 Å². The van der Waals surface area contributed by atoms with Crippen LogP contribution >= 0.6 is 0 Å². The Bertz CT molecular complexity index is 401. The normalized spacial score (nSPS) is 30.9. The van der Waals surface area contributed by atoms with Crippen LogP contribution in [0, 0.1) is 0 Å². The van der Waals surface area contributed by atoms with Crippen LogP contribution in [-0.2, 0) is 4.74 Å². The van der Waals surface area contributed by atoms with Gasteiger partial charge in [-0.1, -0.05) is 37.3 Å². The minimum absolute atomic E-state index is 0.402. The quantitative estimate of drug-likeness (QED) is 0.879. The average Bonchev–Trinajstić information content (AvgIpc) is 2.45. The molecule has 2 saturated carbocycles. The third-order valence-electron chi connectivity index (χ3n) is 4.95. The molecule has 2 aliphatic carbocycles. The van der Waals surface area contributed by atoms with Crippen molar-refractivity contribution < 1.29 is 4.74 Å². The van der Waals surface area contributed by atoms with Gasteiger partial charge in [-0.25, -0.2) is 0 Å². The van der Waals surface area contributed by atoms with Crippen molar-refractivity contribution in [2.45, 2.75) is 69.6 Å². The molecule has 0 radical (unpaired) electrons. The second kappa shape index (κ2) is 6.73. The predicted octanol–water partition coefficient (Wildman–Crippen LogP) is 3.87. The lowest BCUT2D eigenvalue weighted by molar-refractivity contribution is -0.0809. The first kappa shape index (κ1) is 14.1. The number of hydrogen-bond donors (Lipinski definition) is 1. The van der Waals surface area contributed by atoms with Crippen LogP contribution in [0.3, 0.4) is 0 Å². The van der Waals surface area contributed by atoms with Gasteiger partial charge in [-0.15, -0.1) is 0 Å². The van der Waals surface area contributed by atoms with Crippen LogP contribution < -0.4 is 5.32 Å². The summed E-state index contributed by atoms with van der Waals surface area (Å²) in [5.41, 5.74) is 1.49. The first-order valence-corrected chi connectivity index (χ1v) is 8.30. The van der Waals surface area contributed by atoms with Crippen LogP contribution in [0.4, 0.5) is 0 Å². The highest BCUT2D eigenvalue weighted by molar-refractivity contribution is 5.20. The molecule has 0 saturated heterocycles. The van der Waals surface area contributed by atoms with E-state index in [1.807, 2.05) is 0 Å². The van der Waals surface area contributed by atoms with E-state index in [-0.39, 0.29) is 0 Å². The maximum Gasteiger partial charge on any atom is 0.0737 e. The smallest absolute Gasteiger partial charge is 0.0737 e. The molecule has 1 N–H and O–H groups in total. The highest BCUT2D eigenvalue weighted by Crippen LogP contribution is 2.36. The topological polar surface area (TPSA) is 21.3 Å². The van der Waals surface area contributed by atoms with Gasteiger partial charge < -0.3 is 10.1 Å². The van der Waals surface area contributed by atoms with Gasteiger partial charge in [0.15, 0.2) is 0 Å². The molecule has 0 bridgehead atoms. The summed E-state index contributed by atoms with van der Waals surface area (Å²) in [5.74, 6) is 0.677. The second-order valence-electron chi connectivity index (χ2n) is 6.31. The van der Waals surface area contributed by atoms with Crippen LogP contribution in [0.15, 0.2) is 30.3 Å². The minimum Gasteiger partial charge on any atom is -0.373 e. The Morgan fingerprint density at radius 1 is 1.10 bits per heavy atom. The number of rotatable bonds is 5. The Labute approximate surface area is 122 Å². The fourth-order valence-electron chi connectivity index (χ4n) is 3.56. The number of hydrogen-bond acceptors (Lipinski definition) is 2. The Balaban J connectivity index is 1.65. The molecule has 1 aromatic carbocycles. The lowest BCUT2D eigenvalue weighted by Crippen LogP contribution is -2.47. The SMILES string of the molecule is CCNC1CCC(c2ccccc2)CC1OC1CCC1. The lowest BCUT2D eigenvalue weighted by atomic mass is 9.79. The molecule has 2 fully saturated rings. The Kier molecular flexibility index (Phi) is 4.74. The minimum atomic E-state index is 0.402. The first-order chi connectivity index (χ1) is 9.86. The number of nitrogens with one attached hydrogen (secondary N) is 1. The van der Waals surface area contributed by atoms with E-state index in [0.29, 0.717) is 24.2 Å². The van der Waals surface area contributed by atoms with Gasteiger partial charge in [0.05, 0.1) is 12.2 Å². The van der Waals surface area contributed by atoms with E-state index in [1.165, 1.54) is 44.1 Å². The summed E-state index contributed by atoms with van der Waals surface area (Å²) in [6, 6.07) is 11.5.